The van der Waals surface area contributed by atoms with Crippen LogP contribution < -0.4 is 4.90 Å². The maximum absolute atomic E-state index is 11.3. The van der Waals surface area contributed by atoms with E-state index in [1.165, 1.54) is 7.11 Å². The highest BCUT2D eigenvalue weighted by Gasteiger charge is 2.24. The first-order chi connectivity index (χ1) is 9.22. The quantitative estimate of drug-likeness (QED) is 0.463. The molecular formula is C12H17N3O3S. The van der Waals surface area contributed by atoms with E-state index in [0.717, 1.165) is 17.4 Å². The Labute approximate surface area is 116 Å². The minimum Gasteiger partial charge on any atom is -0.469 e. The molecule has 0 bridgehead atoms. The lowest BCUT2D eigenvalue weighted by Crippen LogP contribution is -2.43. The van der Waals surface area contributed by atoms with Crippen LogP contribution in [0.3, 0.4) is 0 Å². The predicted octanol–water partition coefficient (Wildman–Crippen LogP) is 0.967. The number of nitrogens with zero attached hydrogens (tertiary/aromatic N) is 3. The van der Waals surface area contributed by atoms with Gasteiger partial charge in [0.05, 0.1) is 26.2 Å². The number of aromatic nitrogens is 2. The zero-order valence-electron chi connectivity index (χ0n) is 11.0. The Morgan fingerprint density at radius 2 is 2.47 bits per heavy atom. The molecule has 7 heteroatoms. The number of esters is 1. The van der Waals surface area contributed by atoms with Crippen molar-refractivity contribution in [3.8, 4) is 0 Å². The molecule has 0 spiro atoms. The first kappa shape index (κ1) is 14.1. The van der Waals surface area contributed by atoms with Gasteiger partial charge in [0.25, 0.3) is 0 Å². The average molecular weight is 283 g/mol. The summed E-state index contributed by atoms with van der Waals surface area (Å²) in [6.45, 7) is 1.99. The fraction of sp³-hybridized carbons (Fsp3) is 0.583. The normalized spacial score (nSPS) is 19.3. The molecule has 19 heavy (non-hydrogen) atoms. The van der Waals surface area contributed by atoms with Crippen molar-refractivity contribution in [1.29, 1.82) is 0 Å². The fourth-order valence-electron chi connectivity index (χ4n) is 1.93. The summed E-state index contributed by atoms with van der Waals surface area (Å²) < 4.78 is 10.2. The molecule has 1 aliphatic heterocycles. The molecule has 0 saturated carbocycles. The van der Waals surface area contributed by atoms with E-state index in [9.17, 15) is 4.79 Å². The number of ether oxygens (including phenoxy) is 2. The molecule has 1 unspecified atom stereocenters. The Bertz CT molecular complexity index is 444. The van der Waals surface area contributed by atoms with Crippen LogP contribution in [0, 0.1) is 0 Å². The summed E-state index contributed by atoms with van der Waals surface area (Å²) in [6.07, 6.45) is 3.67. The highest BCUT2D eigenvalue weighted by atomic mass is 32.2. The summed E-state index contributed by atoms with van der Waals surface area (Å²) in [7, 11) is 1.39. The predicted molar refractivity (Wildman–Crippen MR) is 72.4 cm³/mol. The van der Waals surface area contributed by atoms with Gasteiger partial charge in [-0.1, -0.05) is 0 Å². The van der Waals surface area contributed by atoms with Crippen LogP contribution in [0.2, 0.25) is 0 Å². The summed E-state index contributed by atoms with van der Waals surface area (Å²) in [5, 5.41) is 0.931. The number of carbonyl (C=O) groups excluding carboxylic acids is 1. The Kier molecular flexibility index (Phi) is 4.98. The highest BCUT2D eigenvalue weighted by molar-refractivity contribution is 7.98. The average Bonchev–Trinajstić information content (AvgIpc) is 2.47. The second-order valence-electron chi connectivity index (χ2n) is 4.14. The molecule has 0 aromatic carbocycles. The molecule has 0 N–H and O–H groups in total. The molecule has 2 heterocycles. The van der Waals surface area contributed by atoms with E-state index in [1.807, 2.05) is 12.3 Å². The van der Waals surface area contributed by atoms with Crippen molar-refractivity contribution >= 4 is 23.5 Å². The molecule has 1 atom stereocenters. The van der Waals surface area contributed by atoms with Crippen molar-refractivity contribution < 1.29 is 14.3 Å². The van der Waals surface area contributed by atoms with Crippen LogP contribution in [0.25, 0.3) is 0 Å². The lowest BCUT2D eigenvalue weighted by Gasteiger charge is -2.33. The molecule has 6 nitrogen and oxygen atoms in total. The third kappa shape index (κ3) is 3.81. The number of methoxy groups -OCH3 is 1. The Morgan fingerprint density at radius 3 is 3.21 bits per heavy atom. The van der Waals surface area contributed by atoms with Gasteiger partial charge in [-0.25, -0.2) is 9.97 Å². The number of thioether (sulfide) groups is 1. The second-order valence-corrected chi connectivity index (χ2v) is 4.96. The van der Waals surface area contributed by atoms with Gasteiger partial charge in [-0.05, 0) is 6.26 Å². The van der Waals surface area contributed by atoms with Crippen LogP contribution in [0.15, 0.2) is 17.4 Å². The van der Waals surface area contributed by atoms with Gasteiger partial charge in [-0.2, -0.15) is 0 Å². The molecule has 1 saturated heterocycles. The maximum atomic E-state index is 11.3. The zero-order valence-corrected chi connectivity index (χ0v) is 11.9. The third-order valence-electron chi connectivity index (χ3n) is 2.92. The van der Waals surface area contributed by atoms with Crippen LogP contribution in [-0.2, 0) is 14.3 Å². The highest BCUT2D eigenvalue weighted by Crippen LogP contribution is 2.20. The molecule has 1 fully saturated rings. The van der Waals surface area contributed by atoms with E-state index >= 15 is 0 Å². The molecule has 1 aromatic heterocycles. The van der Waals surface area contributed by atoms with Gasteiger partial charge in [0.2, 0.25) is 0 Å². The van der Waals surface area contributed by atoms with Gasteiger partial charge < -0.3 is 14.4 Å². The van der Waals surface area contributed by atoms with Crippen molar-refractivity contribution in [2.45, 2.75) is 17.6 Å². The van der Waals surface area contributed by atoms with Gasteiger partial charge in [0, 0.05) is 19.2 Å². The molecule has 1 aliphatic rings. The van der Waals surface area contributed by atoms with Gasteiger partial charge in [-0.15, -0.1) is 11.8 Å². The summed E-state index contributed by atoms with van der Waals surface area (Å²) in [6, 6.07) is 1.95. The van der Waals surface area contributed by atoms with Gasteiger partial charge in [-0.3, -0.25) is 4.79 Å². The van der Waals surface area contributed by atoms with E-state index in [1.54, 1.807) is 18.1 Å². The van der Waals surface area contributed by atoms with Crippen LogP contribution in [-0.4, -0.2) is 55.1 Å². The first-order valence-electron chi connectivity index (χ1n) is 6.02. The van der Waals surface area contributed by atoms with Crippen LogP contribution in [0.1, 0.15) is 6.42 Å². The molecule has 1 aromatic rings. The SMILES string of the molecule is COC(=O)CC1CN(c2cc(SC)ncn2)CCO1. The Balaban J connectivity index is 2.01. The molecule has 0 amide bonds. The van der Waals surface area contributed by atoms with Crippen molar-refractivity contribution in [3.63, 3.8) is 0 Å². The number of anilines is 1. The van der Waals surface area contributed by atoms with E-state index in [-0.39, 0.29) is 18.5 Å². The lowest BCUT2D eigenvalue weighted by atomic mass is 10.2. The molecule has 104 valence electrons. The number of carbonyl (C=O) groups is 1. The Morgan fingerprint density at radius 1 is 1.63 bits per heavy atom. The van der Waals surface area contributed by atoms with Crippen molar-refractivity contribution in [1.82, 2.24) is 9.97 Å². The van der Waals surface area contributed by atoms with Gasteiger partial charge in [0.15, 0.2) is 0 Å². The van der Waals surface area contributed by atoms with Crippen molar-refractivity contribution in [3.05, 3.63) is 12.4 Å². The smallest absolute Gasteiger partial charge is 0.308 e. The second kappa shape index (κ2) is 6.72. The number of hydrogen-bond donors (Lipinski definition) is 0. The monoisotopic (exact) mass is 283 g/mol. The molecule has 2 rings (SSSR count). The molecular weight excluding hydrogens is 266 g/mol. The Hall–Kier alpha value is -1.34. The van der Waals surface area contributed by atoms with Crippen molar-refractivity contribution in [2.24, 2.45) is 0 Å². The van der Waals surface area contributed by atoms with E-state index in [2.05, 4.69) is 19.6 Å². The molecule has 0 radical (unpaired) electrons. The molecule has 0 aliphatic carbocycles. The lowest BCUT2D eigenvalue weighted by molar-refractivity contribution is -0.144. The topological polar surface area (TPSA) is 64.5 Å². The number of hydrogen-bond acceptors (Lipinski definition) is 7. The fourth-order valence-corrected chi connectivity index (χ4v) is 2.31. The third-order valence-corrected chi connectivity index (χ3v) is 3.56. The standard InChI is InChI=1S/C12H17N3O3S/c1-17-12(16)5-9-7-15(3-4-18-9)10-6-11(19-2)14-8-13-10/h6,8-9H,3-5,7H2,1-2H3. The van der Waals surface area contributed by atoms with Crippen LogP contribution in [0.4, 0.5) is 5.82 Å². The van der Waals surface area contributed by atoms with Crippen molar-refractivity contribution in [2.75, 3.05) is 38.0 Å². The minimum atomic E-state index is -0.251. The van der Waals surface area contributed by atoms with E-state index in [4.69, 9.17) is 4.74 Å². The zero-order chi connectivity index (χ0) is 13.7. The summed E-state index contributed by atoms with van der Waals surface area (Å²) in [4.78, 5) is 21.8. The van der Waals surface area contributed by atoms with Crippen LogP contribution in [0.5, 0.6) is 0 Å². The largest absolute Gasteiger partial charge is 0.469 e. The summed E-state index contributed by atoms with van der Waals surface area (Å²) in [5.74, 6) is 0.622. The van der Waals surface area contributed by atoms with E-state index in [0.29, 0.717) is 13.2 Å². The minimum absolute atomic E-state index is 0.145. The summed E-state index contributed by atoms with van der Waals surface area (Å²) in [5.41, 5.74) is 0. The maximum Gasteiger partial charge on any atom is 0.308 e. The van der Waals surface area contributed by atoms with Gasteiger partial charge in [0.1, 0.15) is 17.2 Å². The number of rotatable bonds is 4. The van der Waals surface area contributed by atoms with Gasteiger partial charge >= 0.3 is 5.97 Å². The number of morpholine rings is 1. The van der Waals surface area contributed by atoms with Crippen LogP contribution >= 0.6 is 11.8 Å². The summed E-state index contributed by atoms with van der Waals surface area (Å²) >= 11 is 1.58. The van der Waals surface area contributed by atoms with E-state index < -0.39 is 0 Å². The first-order valence-corrected chi connectivity index (χ1v) is 7.25.